The average molecular weight is 447 g/mol. The van der Waals surface area contributed by atoms with Crippen molar-refractivity contribution < 1.29 is 19.0 Å². The molecule has 0 aliphatic carbocycles. The Bertz CT molecular complexity index is 676. The number of morpholine rings is 1. The number of unbranched alkanes of at least 4 members (excludes halogenated alkanes) is 8. The van der Waals surface area contributed by atoms with E-state index in [4.69, 9.17) is 14.2 Å². The van der Waals surface area contributed by atoms with Crippen molar-refractivity contribution in [1.82, 2.24) is 9.80 Å². The molecule has 6 heteroatoms. The van der Waals surface area contributed by atoms with Crippen molar-refractivity contribution in [2.24, 2.45) is 0 Å². The van der Waals surface area contributed by atoms with E-state index in [-0.39, 0.29) is 12.7 Å². The fourth-order valence-corrected chi connectivity index (χ4v) is 4.38. The minimum absolute atomic E-state index is 0.263. The Morgan fingerprint density at radius 2 is 1.62 bits per heavy atom. The summed E-state index contributed by atoms with van der Waals surface area (Å²) in [5.41, 5.74) is 1.09. The zero-order chi connectivity index (χ0) is 22.4. The Morgan fingerprint density at radius 1 is 0.938 bits per heavy atom. The molecule has 3 rings (SSSR count). The third kappa shape index (κ3) is 8.62. The highest BCUT2D eigenvalue weighted by atomic mass is 16.7. The number of amides is 1. The molecule has 2 heterocycles. The van der Waals surface area contributed by atoms with Crippen molar-refractivity contribution in [3.05, 3.63) is 23.8 Å². The van der Waals surface area contributed by atoms with Gasteiger partial charge in [-0.15, -0.1) is 0 Å². The number of fused-ring (bicyclic) bond motifs is 1. The summed E-state index contributed by atoms with van der Waals surface area (Å²) in [6.45, 7) is 8.28. The van der Waals surface area contributed by atoms with Crippen molar-refractivity contribution in [3.63, 3.8) is 0 Å². The van der Waals surface area contributed by atoms with Crippen LogP contribution in [0.5, 0.6) is 11.5 Å². The number of hydrogen-bond acceptors (Lipinski definition) is 5. The predicted molar refractivity (Wildman–Crippen MR) is 127 cm³/mol. The van der Waals surface area contributed by atoms with Crippen LogP contribution in [-0.4, -0.2) is 61.9 Å². The molecule has 0 aromatic heterocycles. The standard InChI is InChI=1S/C26H42N2O4/c1-2-3-4-5-6-7-8-9-10-11-26(29)28(15-14-27-16-18-30-19-17-27)21-23-12-13-24-25(20-23)32-22-31-24/h12-13,20H,2-11,14-19,21-22H2,1H3. The van der Waals surface area contributed by atoms with E-state index in [2.05, 4.69) is 11.8 Å². The van der Waals surface area contributed by atoms with Crippen LogP contribution in [-0.2, 0) is 16.1 Å². The first kappa shape index (κ1) is 24.8. The minimum atomic E-state index is 0.263. The van der Waals surface area contributed by atoms with Crippen molar-refractivity contribution in [2.45, 2.75) is 77.7 Å². The molecular weight excluding hydrogens is 404 g/mol. The van der Waals surface area contributed by atoms with Gasteiger partial charge in [-0.25, -0.2) is 0 Å². The van der Waals surface area contributed by atoms with Crippen LogP contribution >= 0.6 is 0 Å². The Labute approximate surface area is 194 Å². The van der Waals surface area contributed by atoms with Crippen LogP contribution in [0, 0.1) is 0 Å². The van der Waals surface area contributed by atoms with Gasteiger partial charge in [0.15, 0.2) is 11.5 Å². The van der Waals surface area contributed by atoms with Crippen molar-refractivity contribution in [3.8, 4) is 11.5 Å². The molecule has 0 N–H and O–H groups in total. The van der Waals surface area contributed by atoms with Gasteiger partial charge in [0.1, 0.15) is 0 Å². The number of ether oxygens (including phenoxy) is 3. The first-order chi connectivity index (χ1) is 15.8. The second-order valence-electron chi connectivity index (χ2n) is 9.04. The maximum absolute atomic E-state index is 13.1. The summed E-state index contributed by atoms with van der Waals surface area (Å²) in [7, 11) is 0. The Kier molecular flexibility index (Phi) is 11.2. The van der Waals surface area contributed by atoms with E-state index < -0.39 is 0 Å². The van der Waals surface area contributed by atoms with E-state index in [0.717, 1.165) is 69.3 Å². The van der Waals surface area contributed by atoms with E-state index in [9.17, 15) is 4.79 Å². The van der Waals surface area contributed by atoms with Crippen LogP contribution in [0.2, 0.25) is 0 Å². The molecule has 1 amide bonds. The fraction of sp³-hybridized carbons (Fsp3) is 0.731. The number of benzene rings is 1. The number of rotatable bonds is 15. The Balaban J connectivity index is 1.43. The molecular formula is C26H42N2O4. The van der Waals surface area contributed by atoms with E-state index >= 15 is 0 Å². The number of nitrogens with zero attached hydrogens (tertiary/aromatic N) is 2. The summed E-state index contributed by atoms with van der Waals surface area (Å²) in [5, 5.41) is 0. The van der Waals surface area contributed by atoms with Crippen molar-refractivity contribution >= 4 is 5.91 Å². The molecule has 1 aromatic carbocycles. The lowest BCUT2D eigenvalue weighted by Gasteiger charge is -2.30. The topological polar surface area (TPSA) is 51.2 Å². The maximum atomic E-state index is 13.1. The first-order valence-corrected chi connectivity index (χ1v) is 12.7. The second-order valence-corrected chi connectivity index (χ2v) is 9.04. The number of carbonyl (C=O) groups is 1. The summed E-state index contributed by atoms with van der Waals surface area (Å²) in [6.07, 6.45) is 12.1. The first-order valence-electron chi connectivity index (χ1n) is 12.7. The van der Waals surface area contributed by atoms with Crippen LogP contribution in [0.4, 0.5) is 0 Å². The van der Waals surface area contributed by atoms with E-state index in [1.165, 1.54) is 44.9 Å². The van der Waals surface area contributed by atoms with Crippen molar-refractivity contribution in [2.75, 3.05) is 46.2 Å². The van der Waals surface area contributed by atoms with Gasteiger partial charge < -0.3 is 19.1 Å². The van der Waals surface area contributed by atoms with Gasteiger partial charge in [-0.1, -0.05) is 64.4 Å². The summed E-state index contributed by atoms with van der Waals surface area (Å²) >= 11 is 0. The molecule has 1 aromatic rings. The molecule has 6 nitrogen and oxygen atoms in total. The van der Waals surface area contributed by atoms with Crippen LogP contribution in [0.15, 0.2) is 18.2 Å². The lowest BCUT2D eigenvalue weighted by Crippen LogP contribution is -2.42. The third-order valence-electron chi connectivity index (χ3n) is 6.45. The van der Waals surface area contributed by atoms with Gasteiger partial charge >= 0.3 is 0 Å². The molecule has 0 saturated carbocycles. The van der Waals surface area contributed by atoms with E-state index in [1.807, 2.05) is 23.1 Å². The van der Waals surface area contributed by atoms with Crippen LogP contribution in [0.3, 0.4) is 0 Å². The van der Waals surface area contributed by atoms with Gasteiger partial charge in [0.2, 0.25) is 12.7 Å². The monoisotopic (exact) mass is 446 g/mol. The van der Waals surface area contributed by atoms with Gasteiger partial charge in [0, 0.05) is 39.1 Å². The van der Waals surface area contributed by atoms with Gasteiger partial charge in [-0.05, 0) is 24.1 Å². The zero-order valence-corrected chi connectivity index (χ0v) is 20.0. The highest BCUT2D eigenvalue weighted by molar-refractivity contribution is 5.76. The average Bonchev–Trinajstić information content (AvgIpc) is 3.29. The molecule has 0 atom stereocenters. The number of carbonyl (C=O) groups excluding carboxylic acids is 1. The largest absolute Gasteiger partial charge is 0.454 e. The van der Waals surface area contributed by atoms with Crippen molar-refractivity contribution in [1.29, 1.82) is 0 Å². The van der Waals surface area contributed by atoms with Gasteiger partial charge in [0.05, 0.1) is 13.2 Å². The lowest BCUT2D eigenvalue weighted by molar-refractivity contribution is -0.132. The number of hydrogen-bond donors (Lipinski definition) is 0. The molecule has 180 valence electrons. The molecule has 2 aliphatic rings. The predicted octanol–water partition coefficient (Wildman–Crippen LogP) is 5.00. The summed E-state index contributed by atoms with van der Waals surface area (Å²) in [5.74, 6) is 1.83. The van der Waals surface area contributed by atoms with Gasteiger partial charge in [-0.3, -0.25) is 9.69 Å². The quantitative estimate of drug-likeness (QED) is 0.355. The minimum Gasteiger partial charge on any atom is -0.454 e. The summed E-state index contributed by atoms with van der Waals surface area (Å²) in [6, 6.07) is 6.00. The third-order valence-corrected chi connectivity index (χ3v) is 6.45. The van der Waals surface area contributed by atoms with E-state index in [0.29, 0.717) is 13.0 Å². The second kappa shape index (κ2) is 14.4. The lowest BCUT2D eigenvalue weighted by atomic mass is 10.1. The highest BCUT2D eigenvalue weighted by Gasteiger charge is 2.19. The van der Waals surface area contributed by atoms with Gasteiger partial charge in [-0.2, -0.15) is 0 Å². The molecule has 0 bridgehead atoms. The highest BCUT2D eigenvalue weighted by Crippen LogP contribution is 2.32. The maximum Gasteiger partial charge on any atom is 0.231 e. The fourth-order valence-electron chi connectivity index (χ4n) is 4.38. The normalized spacial score (nSPS) is 15.8. The zero-order valence-electron chi connectivity index (χ0n) is 20.0. The Morgan fingerprint density at radius 3 is 2.38 bits per heavy atom. The van der Waals surface area contributed by atoms with Crippen LogP contribution in [0.25, 0.3) is 0 Å². The van der Waals surface area contributed by atoms with E-state index in [1.54, 1.807) is 0 Å². The van der Waals surface area contributed by atoms with Crippen LogP contribution in [0.1, 0.15) is 76.7 Å². The Hall–Kier alpha value is -1.79. The van der Waals surface area contributed by atoms with Gasteiger partial charge in [0.25, 0.3) is 0 Å². The van der Waals surface area contributed by atoms with Crippen LogP contribution < -0.4 is 9.47 Å². The summed E-state index contributed by atoms with van der Waals surface area (Å²) in [4.78, 5) is 17.5. The SMILES string of the molecule is CCCCCCCCCCCC(=O)N(CCN1CCOCC1)Cc1ccc2c(c1)OCO2. The molecule has 2 aliphatic heterocycles. The molecule has 0 unspecified atom stereocenters. The molecule has 0 radical (unpaired) electrons. The molecule has 1 saturated heterocycles. The molecule has 1 fully saturated rings. The summed E-state index contributed by atoms with van der Waals surface area (Å²) < 4.78 is 16.4. The molecule has 32 heavy (non-hydrogen) atoms. The molecule has 0 spiro atoms. The smallest absolute Gasteiger partial charge is 0.231 e.